The van der Waals surface area contributed by atoms with Crippen molar-refractivity contribution in [2.75, 3.05) is 27.2 Å². The molecule has 0 aliphatic carbocycles. The third-order valence-electron chi connectivity index (χ3n) is 2.13. The van der Waals surface area contributed by atoms with E-state index < -0.39 is 0 Å². The predicted octanol–water partition coefficient (Wildman–Crippen LogP) is 0.419. The van der Waals surface area contributed by atoms with Crippen LogP contribution in [0.4, 0.5) is 0 Å². The highest BCUT2D eigenvalue weighted by Gasteiger charge is 2.07. The Labute approximate surface area is 84.4 Å². The molecule has 1 rings (SSSR count). The smallest absolute Gasteiger partial charge is 0.122 e. The summed E-state index contributed by atoms with van der Waals surface area (Å²) in [5.41, 5.74) is 1.81. The fourth-order valence-corrected chi connectivity index (χ4v) is 1.25. The van der Waals surface area contributed by atoms with E-state index >= 15 is 0 Å². The van der Waals surface area contributed by atoms with Crippen LogP contribution in [0, 0.1) is 6.92 Å². The van der Waals surface area contributed by atoms with Crippen molar-refractivity contribution in [1.29, 1.82) is 0 Å². The molecule has 0 bridgehead atoms. The van der Waals surface area contributed by atoms with Crippen molar-refractivity contribution >= 4 is 0 Å². The summed E-state index contributed by atoms with van der Waals surface area (Å²) in [4.78, 5) is 2.21. The molecule has 0 atom stereocenters. The molecular weight excluding hydrogens is 180 g/mol. The van der Waals surface area contributed by atoms with Gasteiger partial charge in [-0.05, 0) is 40.5 Å². The Hall–Kier alpha value is -0.940. The van der Waals surface area contributed by atoms with Gasteiger partial charge in [-0.25, -0.2) is 4.63 Å². The van der Waals surface area contributed by atoms with E-state index in [9.17, 15) is 0 Å². The average Bonchev–Trinajstić information content (AvgIpc) is 2.52. The van der Waals surface area contributed by atoms with Crippen LogP contribution < -0.4 is 5.32 Å². The van der Waals surface area contributed by atoms with E-state index in [4.69, 9.17) is 0 Å². The molecule has 1 heterocycles. The highest BCUT2D eigenvalue weighted by atomic mass is 16.6. The summed E-state index contributed by atoms with van der Waals surface area (Å²) >= 11 is 0. The number of rotatable bonds is 6. The van der Waals surface area contributed by atoms with Crippen LogP contribution >= 0.6 is 0 Å². The van der Waals surface area contributed by atoms with Gasteiger partial charge in [-0.15, -0.1) is 0 Å². The Morgan fingerprint density at radius 2 is 2.21 bits per heavy atom. The quantitative estimate of drug-likeness (QED) is 0.671. The molecule has 5 heteroatoms. The molecule has 1 aromatic rings. The lowest BCUT2D eigenvalue weighted by Crippen LogP contribution is -2.22. The number of aryl methyl sites for hydroxylation is 1. The van der Waals surface area contributed by atoms with E-state index in [2.05, 4.69) is 32.2 Å². The van der Waals surface area contributed by atoms with Crippen molar-refractivity contribution in [1.82, 2.24) is 20.5 Å². The normalized spacial score (nSPS) is 11.1. The third kappa shape index (κ3) is 3.43. The Kier molecular flexibility index (Phi) is 4.55. The lowest BCUT2D eigenvalue weighted by molar-refractivity contribution is 0.281. The maximum Gasteiger partial charge on any atom is 0.122 e. The first kappa shape index (κ1) is 11.1. The first-order valence-corrected chi connectivity index (χ1v) is 4.85. The largest absolute Gasteiger partial charge is 0.320 e. The maximum atomic E-state index is 4.63. The van der Waals surface area contributed by atoms with Gasteiger partial charge in [-0.3, -0.25) is 0 Å². The van der Waals surface area contributed by atoms with Crippen molar-refractivity contribution in [3.63, 3.8) is 0 Å². The van der Waals surface area contributed by atoms with Crippen molar-refractivity contribution in [2.45, 2.75) is 19.9 Å². The molecule has 0 spiro atoms. The molecule has 0 aliphatic heterocycles. The number of nitrogens with one attached hydrogen (secondary N) is 1. The molecule has 0 unspecified atom stereocenters. The van der Waals surface area contributed by atoms with Gasteiger partial charge >= 0.3 is 0 Å². The second kappa shape index (κ2) is 5.72. The summed E-state index contributed by atoms with van der Waals surface area (Å²) < 4.78 is 4.63. The summed E-state index contributed by atoms with van der Waals surface area (Å²) in [7, 11) is 4.04. The molecule has 5 nitrogen and oxygen atoms in total. The molecule has 0 saturated heterocycles. The lowest BCUT2D eigenvalue weighted by atomic mass is 10.3. The minimum Gasteiger partial charge on any atom is -0.320 e. The van der Waals surface area contributed by atoms with Gasteiger partial charge in [-0.2, -0.15) is 0 Å². The van der Waals surface area contributed by atoms with Gasteiger partial charge in [0, 0.05) is 6.54 Å². The molecule has 0 radical (unpaired) electrons. The standard InChI is InChI=1S/C9H18N4O/c1-8-9(12-14-11-8)7-13(3)6-4-5-10-2/h10H,4-7H2,1-3H3. The van der Waals surface area contributed by atoms with E-state index in [-0.39, 0.29) is 0 Å². The van der Waals surface area contributed by atoms with Crippen molar-refractivity contribution in [3.8, 4) is 0 Å². The molecular formula is C9H18N4O. The van der Waals surface area contributed by atoms with E-state index in [1.807, 2.05) is 14.0 Å². The second-order valence-electron chi connectivity index (χ2n) is 3.49. The SMILES string of the molecule is CNCCCN(C)Cc1nonc1C. The molecule has 0 amide bonds. The van der Waals surface area contributed by atoms with Gasteiger partial charge in [0.05, 0.1) is 0 Å². The predicted molar refractivity (Wildman–Crippen MR) is 53.9 cm³/mol. The van der Waals surface area contributed by atoms with Gasteiger partial charge in [0.1, 0.15) is 11.4 Å². The zero-order chi connectivity index (χ0) is 10.4. The van der Waals surface area contributed by atoms with E-state index in [1.165, 1.54) is 0 Å². The van der Waals surface area contributed by atoms with Crippen molar-refractivity contribution in [3.05, 3.63) is 11.4 Å². The average molecular weight is 198 g/mol. The van der Waals surface area contributed by atoms with Crippen LogP contribution in [0.25, 0.3) is 0 Å². The number of aromatic nitrogens is 2. The van der Waals surface area contributed by atoms with Crippen LogP contribution in [0.5, 0.6) is 0 Å². The lowest BCUT2D eigenvalue weighted by Gasteiger charge is -2.14. The Morgan fingerprint density at radius 1 is 1.43 bits per heavy atom. The summed E-state index contributed by atoms with van der Waals surface area (Å²) in [5, 5.41) is 10.7. The molecule has 0 aliphatic rings. The van der Waals surface area contributed by atoms with Crippen LogP contribution in [-0.2, 0) is 6.54 Å². The van der Waals surface area contributed by atoms with E-state index in [1.54, 1.807) is 0 Å². The Balaban J connectivity index is 2.27. The Morgan fingerprint density at radius 3 is 2.79 bits per heavy atom. The molecule has 0 aromatic carbocycles. The summed E-state index contributed by atoms with van der Waals surface area (Å²) in [6, 6.07) is 0. The van der Waals surface area contributed by atoms with E-state index in [0.717, 1.165) is 37.4 Å². The third-order valence-corrected chi connectivity index (χ3v) is 2.13. The summed E-state index contributed by atoms with van der Waals surface area (Å²) in [6.07, 6.45) is 1.14. The van der Waals surface area contributed by atoms with Crippen LogP contribution in [0.1, 0.15) is 17.8 Å². The minimum absolute atomic E-state index is 0.805. The topological polar surface area (TPSA) is 54.2 Å². The maximum absolute atomic E-state index is 4.63. The zero-order valence-electron chi connectivity index (χ0n) is 9.08. The number of hydrogen-bond donors (Lipinski definition) is 1. The Bertz CT molecular complexity index is 261. The van der Waals surface area contributed by atoms with Crippen LogP contribution in [0.2, 0.25) is 0 Å². The van der Waals surface area contributed by atoms with Gasteiger partial charge in [-0.1, -0.05) is 10.3 Å². The second-order valence-corrected chi connectivity index (χ2v) is 3.49. The minimum atomic E-state index is 0.805. The molecule has 0 saturated carbocycles. The number of hydrogen-bond acceptors (Lipinski definition) is 5. The fraction of sp³-hybridized carbons (Fsp3) is 0.778. The molecule has 1 N–H and O–H groups in total. The first-order chi connectivity index (χ1) is 6.74. The van der Waals surface area contributed by atoms with Crippen molar-refractivity contribution < 1.29 is 4.63 Å². The van der Waals surface area contributed by atoms with Crippen LogP contribution in [0.3, 0.4) is 0 Å². The fourth-order valence-electron chi connectivity index (χ4n) is 1.25. The van der Waals surface area contributed by atoms with E-state index in [0.29, 0.717) is 0 Å². The van der Waals surface area contributed by atoms with Gasteiger partial charge in [0.15, 0.2) is 0 Å². The van der Waals surface area contributed by atoms with Crippen LogP contribution in [0.15, 0.2) is 4.63 Å². The monoisotopic (exact) mass is 198 g/mol. The van der Waals surface area contributed by atoms with Gasteiger partial charge < -0.3 is 10.2 Å². The molecule has 14 heavy (non-hydrogen) atoms. The van der Waals surface area contributed by atoms with Gasteiger partial charge in [0.25, 0.3) is 0 Å². The van der Waals surface area contributed by atoms with Crippen molar-refractivity contribution in [2.24, 2.45) is 0 Å². The molecule has 0 fully saturated rings. The molecule has 80 valence electrons. The highest BCUT2D eigenvalue weighted by Crippen LogP contribution is 2.03. The molecule has 1 aromatic heterocycles. The summed E-state index contributed by atoms with van der Waals surface area (Å²) in [6.45, 7) is 4.81. The summed E-state index contributed by atoms with van der Waals surface area (Å²) in [5.74, 6) is 0. The highest BCUT2D eigenvalue weighted by molar-refractivity contribution is 5.03. The first-order valence-electron chi connectivity index (χ1n) is 4.85. The van der Waals surface area contributed by atoms with Gasteiger partial charge in [0.2, 0.25) is 0 Å². The zero-order valence-corrected chi connectivity index (χ0v) is 9.08. The number of nitrogens with zero attached hydrogens (tertiary/aromatic N) is 3. The van der Waals surface area contributed by atoms with Crippen LogP contribution in [-0.4, -0.2) is 42.4 Å².